The summed E-state index contributed by atoms with van der Waals surface area (Å²) in [5, 5.41) is 2.50. The quantitative estimate of drug-likeness (QED) is 0.503. The standard InChI is InChI=1S/C16H17NO5/c1-9-3-4-10(2)12(7-9)17-15(20)14(19)8-13(18)11-5-6-22-16(11)21/h3-4,7,11H,5-6,8H2,1-2H3,(H,17,20). The van der Waals surface area contributed by atoms with Gasteiger partial charge in [-0.25, -0.2) is 0 Å². The summed E-state index contributed by atoms with van der Waals surface area (Å²) in [5.74, 6) is -3.81. The third-order valence-corrected chi connectivity index (χ3v) is 3.55. The van der Waals surface area contributed by atoms with E-state index in [1.165, 1.54) is 0 Å². The van der Waals surface area contributed by atoms with E-state index in [2.05, 4.69) is 10.1 Å². The highest BCUT2D eigenvalue weighted by Gasteiger charge is 2.34. The van der Waals surface area contributed by atoms with Crippen molar-refractivity contribution in [1.82, 2.24) is 0 Å². The van der Waals surface area contributed by atoms with Crippen molar-refractivity contribution in [3.05, 3.63) is 29.3 Å². The number of aryl methyl sites for hydroxylation is 2. The number of hydrogen-bond donors (Lipinski definition) is 1. The average Bonchev–Trinajstić information content (AvgIpc) is 2.89. The van der Waals surface area contributed by atoms with Crippen LogP contribution in [0.5, 0.6) is 0 Å². The molecule has 0 radical (unpaired) electrons. The highest BCUT2D eigenvalue weighted by atomic mass is 16.5. The number of carbonyl (C=O) groups excluding carboxylic acids is 4. The first kappa shape index (κ1) is 15.9. The minimum atomic E-state index is -0.919. The summed E-state index contributed by atoms with van der Waals surface area (Å²) in [5.41, 5.74) is 2.29. The Morgan fingerprint density at radius 2 is 2.00 bits per heavy atom. The fourth-order valence-electron chi connectivity index (χ4n) is 2.21. The number of rotatable bonds is 5. The van der Waals surface area contributed by atoms with E-state index in [1.54, 1.807) is 13.0 Å². The zero-order valence-corrected chi connectivity index (χ0v) is 12.5. The number of carbonyl (C=O) groups is 4. The molecule has 0 spiro atoms. The van der Waals surface area contributed by atoms with Crippen molar-refractivity contribution in [1.29, 1.82) is 0 Å². The van der Waals surface area contributed by atoms with Gasteiger partial charge in [-0.1, -0.05) is 12.1 Å². The Labute approximate surface area is 127 Å². The van der Waals surface area contributed by atoms with E-state index < -0.39 is 35.8 Å². The van der Waals surface area contributed by atoms with Crippen LogP contribution in [0.25, 0.3) is 0 Å². The van der Waals surface area contributed by atoms with Gasteiger partial charge in [-0.2, -0.15) is 0 Å². The number of Topliss-reactive ketones (excluding diaryl/α,β-unsaturated/α-hetero) is 2. The Bertz CT molecular complexity index is 650. The van der Waals surface area contributed by atoms with Gasteiger partial charge in [0.1, 0.15) is 5.92 Å². The number of ketones is 2. The molecule has 0 aliphatic carbocycles. The molecule has 1 aromatic rings. The molecule has 2 rings (SSSR count). The van der Waals surface area contributed by atoms with Crippen LogP contribution in [-0.2, 0) is 23.9 Å². The normalized spacial score (nSPS) is 17.0. The molecule has 1 aliphatic heterocycles. The zero-order valence-electron chi connectivity index (χ0n) is 12.5. The predicted molar refractivity (Wildman–Crippen MR) is 78.2 cm³/mol. The van der Waals surface area contributed by atoms with Crippen LogP contribution in [-0.4, -0.2) is 30.0 Å². The minimum Gasteiger partial charge on any atom is -0.465 e. The van der Waals surface area contributed by atoms with Crippen molar-refractivity contribution < 1.29 is 23.9 Å². The van der Waals surface area contributed by atoms with Gasteiger partial charge in [0, 0.05) is 12.1 Å². The Morgan fingerprint density at radius 3 is 2.64 bits per heavy atom. The van der Waals surface area contributed by atoms with E-state index in [0.29, 0.717) is 5.69 Å². The van der Waals surface area contributed by atoms with Crippen LogP contribution in [0.1, 0.15) is 24.0 Å². The van der Waals surface area contributed by atoms with Crippen LogP contribution >= 0.6 is 0 Å². The van der Waals surface area contributed by atoms with E-state index >= 15 is 0 Å². The Morgan fingerprint density at radius 1 is 1.27 bits per heavy atom. The molecule has 1 N–H and O–H groups in total. The van der Waals surface area contributed by atoms with Crippen molar-refractivity contribution >= 4 is 29.1 Å². The third kappa shape index (κ3) is 3.58. The Hall–Kier alpha value is -2.50. The topological polar surface area (TPSA) is 89.5 Å². The number of ether oxygens (including phenoxy) is 1. The van der Waals surface area contributed by atoms with Gasteiger partial charge in [-0.15, -0.1) is 0 Å². The molecule has 22 heavy (non-hydrogen) atoms. The molecule has 116 valence electrons. The van der Waals surface area contributed by atoms with Gasteiger partial charge < -0.3 is 10.1 Å². The number of amides is 1. The largest absolute Gasteiger partial charge is 0.465 e. The van der Waals surface area contributed by atoms with E-state index in [0.717, 1.165) is 11.1 Å². The molecule has 1 saturated heterocycles. The van der Waals surface area contributed by atoms with Gasteiger partial charge in [0.25, 0.3) is 5.91 Å². The first-order valence-electron chi connectivity index (χ1n) is 6.99. The monoisotopic (exact) mass is 303 g/mol. The SMILES string of the molecule is Cc1ccc(C)c(NC(=O)C(=O)CC(=O)C2CCOC2=O)c1. The van der Waals surface area contributed by atoms with Gasteiger partial charge in [0.05, 0.1) is 13.0 Å². The molecule has 0 bridgehead atoms. The number of nitrogens with one attached hydrogen (secondary N) is 1. The number of hydrogen-bond acceptors (Lipinski definition) is 5. The summed E-state index contributed by atoms with van der Waals surface area (Å²) < 4.78 is 4.68. The number of benzene rings is 1. The lowest BCUT2D eigenvalue weighted by molar-refractivity contribution is -0.145. The summed E-state index contributed by atoms with van der Waals surface area (Å²) >= 11 is 0. The van der Waals surface area contributed by atoms with Crippen molar-refractivity contribution in [2.24, 2.45) is 5.92 Å². The van der Waals surface area contributed by atoms with Gasteiger partial charge in [0.15, 0.2) is 5.78 Å². The third-order valence-electron chi connectivity index (χ3n) is 3.55. The maximum atomic E-state index is 11.9. The van der Waals surface area contributed by atoms with Crippen LogP contribution in [0, 0.1) is 19.8 Å². The summed E-state index contributed by atoms with van der Waals surface area (Å²) in [7, 11) is 0. The van der Waals surface area contributed by atoms with Crippen LogP contribution in [0.2, 0.25) is 0 Å². The van der Waals surface area contributed by atoms with E-state index in [4.69, 9.17) is 0 Å². The number of esters is 1. The lowest BCUT2D eigenvalue weighted by Crippen LogP contribution is -2.29. The molecule has 1 unspecified atom stereocenters. The zero-order chi connectivity index (χ0) is 16.3. The van der Waals surface area contributed by atoms with Crippen molar-refractivity contribution in [3.8, 4) is 0 Å². The van der Waals surface area contributed by atoms with Gasteiger partial charge in [-0.3, -0.25) is 19.2 Å². The first-order chi connectivity index (χ1) is 10.4. The van der Waals surface area contributed by atoms with Gasteiger partial charge in [0.2, 0.25) is 5.78 Å². The van der Waals surface area contributed by atoms with E-state index in [-0.39, 0.29) is 13.0 Å². The van der Waals surface area contributed by atoms with E-state index in [9.17, 15) is 19.2 Å². The number of anilines is 1. The maximum Gasteiger partial charge on any atom is 0.316 e. The molecular formula is C16H17NO5. The molecule has 1 aromatic carbocycles. The van der Waals surface area contributed by atoms with E-state index in [1.807, 2.05) is 19.1 Å². The maximum absolute atomic E-state index is 11.9. The second-order valence-corrected chi connectivity index (χ2v) is 5.35. The highest BCUT2D eigenvalue weighted by molar-refractivity contribution is 6.43. The van der Waals surface area contributed by atoms with Crippen molar-refractivity contribution in [3.63, 3.8) is 0 Å². The smallest absolute Gasteiger partial charge is 0.316 e. The van der Waals surface area contributed by atoms with Crippen LogP contribution in [0.15, 0.2) is 18.2 Å². The summed E-state index contributed by atoms with van der Waals surface area (Å²) in [4.78, 5) is 46.8. The molecule has 0 aromatic heterocycles. The molecule has 1 aliphatic rings. The molecule has 0 saturated carbocycles. The number of cyclic esters (lactones) is 1. The second kappa shape index (κ2) is 6.51. The average molecular weight is 303 g/mol. The summed E-state index contributed by atoms with van der Waals surface area (Å²) in [6.45, 7) is 3.85. The molecule has 6 nitrogen and oxygen atoms in total. The molecule has 1 amide bonds. The highest BCUT2D eigenvalue weighted by Crippen LogP contribution is 2.18. The Kier molecular flexibility index (Phi) is 4.70. The van der Waals surface area contributed by atoms with Crippen molar-refractivity contribution in [2.75, 3.05) is 11.9 Å². The molecule has 1 fully saturated rings. The minimum absolute atomic E-state index is 0.179. The lowest BCUT2D eigenvalue weighted by Gasteiger charge is -2.09. The molecule has 6 heteroatoms. The fourth-order valence-corrected chi connectivity index (χ4v) is 2.21. The van der Waals surface area contributed by atoms with Crippen LogP contribution < -0.4 is 5.32 Å². The van der Waals surface area contributed by atoms with Crippen LogP contribution in [0.4, 0.5) is 5.69 Å². The first-order valence-corrected chi connectivity index (χ1v) is 6.99. The summed E-state index contributed by atoms with van der Waals surface area (Å²) in [6.07, 6.45) is -0.319. The van der Waals surface area contributed by atoms with Crippen LogP contribution in [0.3, 0.4) is 0 Å². The summed E-state index contributed by atoms with van der Waals surface area (Å²) in [6, 6.07) is 5.47. The predicted octanol–water partition coefficient (Wildman–Crippen LogP) is 1.33. The second-order valence-electron chi connectivity index (χ2n) is 5.35. The molecular weight excluding hydrogens is 286 g/mol. The van der Waals surface area contributed by atoms with Crippen molar-refractivity contribution in [2.45, 2.75) is 26.7 Å². The molecule has 1 atom stereocenters. The fraction of sp³-hybridized carbons (Fsp3) is 0.375. The van der Waals surface area contributed by atoms with Gasteiger partial charge >= 0.3 is 5.97 Å². The van der Waals surface area contributed by atoms with Gasteiger partial charge in [-0.05, 0) is 31.0 Å². The molecule has 1 heterocycles. The Balaban J connectivity index is 1.97. The lowest BCUT2D eigenvalue weighted by atomic mass is 9.98.